The zero-order valence-corrected chi connectivity index (χ0v) is 13.2. The summed E-state index contributed by atoms with van der Waals surface area (Å²) in [5, 5.41) is 5.28. The van der Waals surface area contributed by atoms with Crippen molar-refractivity contribution >= 4 is 17.3 Å². The van der Waals surface area contributed by atoms with Crippen LogP contribution in [0.3, 0.4) is 0 Å². The van der Waals surface area contributed by atoms with Crippen LogP contribution in [-0.4, -0.2) is 37.0 Å². The summed E-state index contributed by atoms with van der Waals surface area (Å²) in [5.74, 6) is 1.30. The van der Waals surface area contributed by atoms with Gasteiger partial charge in [0.1, 0.15) is 0 Å². The molecule has 0 bridgehead atoms. The summed E-state index contributed by atoms with van der Waals surface area (Å²) in [6.45, 7) is 7.38. The van der Waals surface area contributed by atoms with E-state index in [1.807, 2.05) is 11.3 Å². The van der Waals surface area contributed by atoms with Crippen molar-refractivity contribution in [2.45, 2.75) is 32.7 Å². The average molecular weight is 294 g/mol. The Morgan fingerprint density at radius 3 is 2.95 bits per heavy atom. The van der Waals surface area contributed by atoms with Crippen LogP contribution in [0, 0.1) is 5.92 Å². The molecule has 5 heteroatoms. The third-order valence-corrected chi connectivity index (χ3v) is 4.60. The fourth-order valence-electron chi connectivity index (χ4n) is 2.49. The number of hydrogen-bond donors (Lipinski definition) is 2. The van der Waals surface area contributed by atoms with Crippen LogP contribution in [-0.2, 0) is 6.54 Å². The van der Waals surface area contributed by atoms with E-state index >= 15 is 0 Å². The van der Waals surface area contributed by atoms with Crippen molar-refractivity contribution in [1.82, 2.24) is 10.2 Å². The Morgan fingerprint density at radius 2 is 2.30 bits per heavy atom. The molecule has 0 amide bonds. The van der Waals surface area contributed by atoms with E-state index in [0.29, 0.717) is 11.9 Å². The van der Waals surface area contributed by atoms with E-state index in [1.54, 1.807) is 0 Å². The van der Waals surface area contributed by atoms with Crippen LogP contribution in [0.1, 0.15) is 31.1 Å². The summed E-state index contributed by atoms with van der Waals surface area (Å²) in [5.41, 5.74) is 5.82. The monoisotopic (exact) mass is 294 g/mol. The number of guanidine groups is 1. The summed E-state index contributed by atoms with van der Waals surface area (Å²) in [6, 6.07) is 4.36. The normalized spacial score (nSPS) is 18.4. The first-order chi connectivity index (χ1) is 9.78. The Morgan fingerprint density at radius 1 is 1.50 bits per heavy atom. The molecule has 1 aromatic rings. The van der Waals surface area contributed by atoms with E-state index in [2.05, 4.69) is 39.6 Å². The highest BCUT2D eigenvalue weighted by molar-refractivity contribution is 7.09. The first kappa shape index (κ1) is 15.3. The van der Waals surface area contributed by atoms with Gasteiger partial charge in [0.05, 0.1) is 0 Å². The molecule has 2 rings (SSSR count). The molecule has 0 saturated carbocycles. The number of nitrogens with zero attached hydrogens (tertiary/aromatic N) is 2. The molecule has 0 radical (unpaired) electrons. The average Bonchev–Trinajstić information content (AvgIpc) is 2.97. The van der Waals surface area contributed by atoms with Gasteiger partial charge in [0, 0.05) is 24.5 Å². The highest BCUT2D eigenvalue weighted by atomic mass is 32.1. The molecule has 20 heavy (non-hydrogen) atoms. The molecule has 1 fully saturated rings. The van der Waals surface area contributed by atoms with E-state index in [4.69, 9.17) is 5.73 Å². The number of piperidine rings is 1. The molecule has 3 N–H and O–H groups in total. The molecule has 1 aliphatic rings. The van der Waals surface area contributed by atoms with Crippen LogP contribution in [0.15, 0.2) is 22.5 Å². The van der Waals surface area contributed by atoms with Crippen LogP contribution < -0.4 is 11.1 Å². The van der Waals surface area contributed by atoms with Crippen LogP contribution in [0.4, 0.5) is 0 Å². The van der Waals surface area contributed by atoms with Crippen molar-refractivity contribution in [1.29, 1.82) is 0 Å². The lowest BCUT2D eigenvalue weighted by Crippen LogP contribution is -2.35. The highest BCUT2D eigenvalue weighted by Crippen LogP contribution is 2.20. The summed E-state index contributed by atoms with van der Waals surface area (Å²) < 4.78 is 0. The Balaban J connectivity index is 1.66. The number of nitrogens with one attached hydrogen (secondary N) is 1. The second-order valence-electron chi connectivity index (χ2n) is 5.45. The quantitative estimate of drug-likeness (QED) is 0.625. The fourth-order valence-corrected chi connectivity index (χ4v) is 3.23. The Labute approximate surface area is 126 Å². The van der Waals surface area contributed by atoms with E-state index in [0.717, 1.165) is 26.1 Å². The molecular weight excluding hydrogens is 268 g/mol. The van der Waals surface area contributed by atoms with Crippen molar-refractivity contribution < 1.29 is 0 Å². The van der Waals surface area contributed by atoms with Gasteiger partial charge in [-0.15, -0.1) is 11.3 Å². The first-order valence-electron chi connectivity index (χ1n) is 7.56. The topological polar surface area (TPSA) is 53.6 Å². The van der Waals surface area contributed by atoms with Gasteiger partial charge in [-0.1, -0.05) is 13.0 Å². The van der Waals surface area contributed by atoms with Gasteiger partial charge in [0.2, 0.25) is 0 Å². The van der Waals surface area contributed by atoms with Crippen molar-refractivity contribution in [3.8, 4) is 0 Å². The molecule has 1 saturated heterocycles. The number of likely N-dealkylation sites (tertiary alicyclic amines) is 1. The third-order valence-electron chi connectivity index (χ3n) is 3.74. The lowest BCUT2D eigenvalue weighted by molar-refractivity contribution is 0.182. The molecule has 0 aliphatic carbocycles. The number of hydrogen-bond acceptors (Lipinski definition) is 3. The van der Waals surface area contributed by atoms with Gasteiger partial charge >= 0.3 is 0 Å². The fraction of sp³-hybridized carbons (Fsp3) is 0.667. The Bertz CT molecular complexity index is 394. The van der Waals surface area contributed by atoms with Crippen molar-refractivity contribution in [3.05, 3.63) is 22.4 Å². The zero-order valence-electron chi connectivity index (χ0n) is 12.3. The molecule has 0 spiro atoms. The van der Waals surface area contributed by atoms with Crippen molar-refractivity contribution in [2.75, 3.05) is 26.2 Å². The maximum absolute atomic E-state index is 5.82. The summed E-state index contributed by atoms with van der Waals surface area (Å²) in [4.78, 5) is 8.47. The van der Waals surface area contributed by atoms with Gasteiger partial charge in [-0.3, -0.25) is 9.89 Å². The lowest BCUT2D eigenvalue weighted by atomic mass is 9.97. The van der Waals surface area contributed by atoms with Crippen molar-refractivity contribution in [3.63, 3.8) is 0 Å². The third kappa shape index (κ3) is 5.13. The zero-order chi connectivity index (χ0) is 14.2. The summed E-state index contributed by atoms with van der Waals surface area (Å²) in [7, 11) is 0. The van der Waals surface area contributed by atoms with Crippen LogP contribution in [0.25, 0.3) is 0 Å². The van der Waals surface area contributed by atoms with Crippen LogP contribution in [0.5, 0.6) is 0 Å². The molecule has 4 nitrogen and oxygen atoms in total. The van der Waals surface area contributed by atoms with Crippen molar-refractivity contribution in [2.24, 2.45) is 16.6 Å². The number of nitrogens with two attached hydrogens (primary N) is 1. The van der Waals surface area contributed by atoms with Crippen LogP contribution >= 0.6 is 11.3 Å². The maximum atomic E-state index is 5.82. The number of thiophene rings is 1. The highest BCUT2D eigenvalue weighted by Gasteiger charge is 2.19. The minimum absolute atomic E-state index is 0.605. The Hall–Kier alpha value is -1.07. The van der Waals surface area contributed by atoms with E-state index < -0.39 is 0 Å². The largest absolute Gasteiger partial charge is 0.370 e. The van der Waals surface area contributed by atoms with Crippen LogP contribution in [0.2, 0.25) is 0 Å². The van der Waals surface area contributed by atoms with Gasteiger partial charge in [-0.25, -0.2) is 0 Å². The van der Waals surface area contributed by atoms with Gasteiger partial charge < -0.3 is 11.1 Å². The minimum Gasteiger partial charge on any atom is -0.370 e. The molecular formula is C15H26N4S. The van der Waals surface area contributed by atoms with Gasteiger partial charge in [-0.05, 0) is 49.7 Å². The predicted molar refractivity (Wildman–Crippen MR) is 87.1 cm³/mol. The standard InChI is InChI=1S/C15H26N4S/c1-2-7-17-15(16)18-11-13-5-8-19(9-6-13)12-14-4-3-10-20-14/h3-4,10,13H,2,5-9,11-12H2,1H3,(H3,16,17,18). The Kier molecular flexibility index (Phi) is 6.33. The lowest BCUT2D eigenvalue weighted by Gasteiger charge is -2.30. The molecule has 1 aliphatic heterocycles. The molecule has 0 unspecified atom stereocenters. The molecule has 112 valence electrons. The van der Waals surface area contributed by atoms with E-state index in [-0.39, 0.29) is 0 Å². The summed E-state index contributed by atoms with van der Waals surface area (Å²) >= 11 is 1.85. The molecule has 0 aromatic carbocycles. The SMILES string of the molecule is CCCNC(N)=NCC1CCN(Cc2cccs2)CC1. The molecule has 0 atom stereocenters. The number of rotatable bonds is 6. The smallest absolute Gasteiger partial charge is 0.188 e. The minimum atomic E-state index is 0.605. The van der Waals surface area contributed by atoms with Gasteiger partial charge in [-0.2, -0.15) is 0 Å². The maximum Gasteiger partial charge on any atom is 0.188 e. The second kappa shape index (κ2) is 8.27. The second-order valence-corrected chi connectivity index (χ2v) is 6.48. The summed E-state index contributed by atoms with van der Waals surface area (Å²) in [6.07, 6.45) is 3.54. The van der Waals surface area contributed by atoms with Gasteiger partial charge in [0.25, 0.3) is 0 Å². The molecule has 2 heterocycles. The number of aliphatic imine (C=N–C) groups is 1. The van der Waals surface area contributed by atoms with E-state index in [1.165, 1.54) is 30.8 Å². The molecule has 1 aromatic heterocycles. The van der Waals surface area contributed by atoms with E-state index in [9.17, 15) is 0 Å². The van der Waals surface area contributed by atoms with Gasteiger partial charge in [0.15, 0.2) is 5.96 Å². The predicted octanol–water partition coefficient (Wildman–Crippen LogP) is 2.27. The first-order valence-corrected chi connectivity index (χ1v) is 8.44.